The van der Waals surface area contributed by atoms with Gasteiger partial charge in [0, 0.05) is 49.0 Å². The van der Waals surface area contributed by atoms with Gasteiger partial charge in [0.2, 0.25) is 0 Å². The van der Waals surface area contributed by atoms with E-state index in [1.165, 1.54) is 0 Å². The standard InChI is InChI=1S/C33H21ClN8/c34-16-17-8-7-15-24-25(17)33-41-31-23-14-6-5-13-22(23)29(39-31)37-27-19-10-2-1-9-18(19)26(35-27)36-28-20-11-3-4-12-21(20)30(38-28)40-32(24)42-33/h1-15H,16H2,(H4,35,36,37,38,39,40,41,42). The summed E-state index contributed by atoms with van der Waals surface area (Å²) in [7, 11) is 0. The van der Waals surface area contributed by atoms with Crippen LogP contribution in [-0.4, -0.2) is 19.9 Å². The first kappa shape index (κ1) is 23.3. The van der Waals surface area contributed by atoms with Gasteiger partial charge in [-0.2, -0.15) is 0 Å². The van der Waals surface area contributed by atoms with E-state index in [1.54, 1.807) is 0 Å². The van der Waals surface area contributed by atoms with Gasteiger partial charge in [0.25, 0.3) is 0 Å². The largest absolute Gasteiger partial charge is 0.324 e. The third kappa shape index (κ3) is 3.36. The molecule has 4 aromatic carbocycles. The summed E-state index contributed by atoms with van der Waals surface area (Å²) >= 11 is 6.44. The van der Waals surface area contributed by atoms with Crippen LogP contribution in [0.1, 0.15) is 5.56 Å². The molecule has 0 atom stereocenters. The van der Waals surface area contributed by atoms with Crippen molar-refractivity contribution in [3.8, 4) is 0 Å². The van der Waals surface area contributed by atoms with Crippen molar-refractivity contribution >= 4 is 78.0 Å². The number of rotatable bonds is 1. The fraction of sp³-hybridized carbons (Fsp3) is 0.0303. The number of hydrogen-bond donors (Lipinski definition) is 4. The van der Waals surface area contributed by atoms with Crippen LogP contribution < -0.4 is 22.0 Å². The highest BCUT2D eigenvalue weighted by Crippen LogP contribution is 2.37. The van der Waals surface area contributed by atoms with Crippen molar-refractivity contribution in [2.24, 2.45) is 20.0 Å². The van der Waals surface area contributed by atoms with Crippen LogP contribution in [-0.2, 0) is 5.88 Å². The molecule has 9 heteroatoms. The van der Waals surface area contributed by atoms with E-state index in [9.17, 15) is 0 Å². The fourth-order valence-corrected chi connectivity index (χ4v) is 6.23. The SMILES string of the molecule is ClCc1cccc2c3[nH]c(c12)N=c1[nH]c(c2ccccc12)=Nc1[nH]c(c2ccccc12)N=c1[nH]c(c2ccccc12)=N3. The molecular weight excluding hydrogens is 544 g/mol. The van der Waals surface area contributed by atoms with Gasteiger partial charge in [-0.25, -0.2) is 20.0 Å². The molecule has 1 aliphatic heterocycles. The Morgan fingerprint density at radius 2 is 0.786 bits per heavy atom. The topological polar surface area (TPSA) is 113 Å². The van der Waals surface area contributed by atoms with Gasteiger partial charge in [0.05, 0.1) is 0 Å². The minimum atomic E-state index is 0.347. The monoisotopic (exact) mass is 564 g/mol. The van der Waals surface area contributed by atoms with Gasteiger partial charge in [0.1, 0.15) is 45.2 Å². The minimum Gasteiger partial charge on any atom is -0.324 e. The van der Waals surface area contributed by atoms with Gasteiger partial charge in [-0.15, -0.1) is 11.6 Å². The molecule has 0 saturated heterocycles. The average molecular weight is 565 g/mol. The predicted molar refractivity (Wildman–Crippen MR) is 166 cm³/mol. The van der Waals surface area contributed by atoms with Crippen molar-refractivity contribution in [3.05, 3.63) is 119 Å². The highest BCUT2D eigenvalue weighted by atomic mass is 35.5. The summed E-state index contributed by atoms with van der Waals surface area (Å²) in [4.78, 5) is 34.4. The van der Waals surface area contributed by atoms with Crippen LogP contribution in [0, 0.1) is 0 Å². The van der Waals surface area contributed by atoms with Crippen molar-refractivity contribution in [1.29, 1.82) is 0 Å². The molecule has 0 spiro atoms. The van der Waals surface area contributed by atoms with E-state index in [0.29, 0.717) is 45.3 Å². The fourth-order valence-electron chi connectivity index (χ4n) is 6.01. The molecule has 0 saturated carbocycles. The van der Waals surface area contributed by atoms with Crippen molar-refractivity contribution in [2.45, 2.75) is 5.88 Å². The highest BCUT2D eigenvalue weighted by Gasteiger charge is 2.16. The Morgan fingerprint density at radius 3 is 1.26 bits per heavy atom. The van der Waals surface area contributed by atoms with Crippen LogP contribution >= 0.6 is 11.6 Å². The van der Waals surface area contributed by atoms with Crippen LogP contribution in [0.2, 0.25) is 0 Å². The number of nitrogens with zero attached hydrogens (tertiary/aromatic N) is 4. The van der Waals surface area contributed by atoms with Crippen LogP contribution in [0.4, 0.5) is 23.3 Å². The molecule has 0 amide bonds. The zero-order chi connectivity index (χ0) is 27.8. The first-order valence-corrected chi connectivity index (χ1v) is 14.2. The lowest BCUT2D eigenvalue weighted by atomic mass is 10.1. The molecule has 5 heterocycles. The lowest BCUT2D eigenvalue weighted by Gasteiger charge is -1.99. The number of aromatic nitrogens is 4. The first-order valence-electron chi connectivity index (χ1n) is 13.6. The number of fused-ring (bicyclic) bond motifs is 20. The lowest BCUT2D eigenvalue weighted by Crippen LogP contribution is -2.10. The Bertz CT molecular complexity index is 2630. The maximum absolute atomic E-state index is 6.44. The summed E-state index contributed by atoms with van der Waals surface area (Å²) in [6.07, 6.45) is 0. The zero-order valence-corrected chi connectivity index (χ0v) is 22.8. The third-order valence-electron chi connectivity index (χ3n) is 7.94. The number of hydrogen-bond acceptors (Lipinski definition) is 4. The average Bonchev–Trinajstić information content (AvgIpc) is 3.76. The molecule has 4 N–H and O–H groups in total. The van der Waals surface area contributed by atoms with Crippen LogP contribution in [0.25, 0.3) is 43.1 Å². The second kappa shape index (κ2) is 8.76. The highest BCUT2D eigenvalue weighted by molar-refractivity contribution is 6.18. The van der Waals surface area contributed by atoms with Crippen molar-refractivity contribution in [3.63, 3.8) is 0 Å². The van der Waals surface area contributed by atoms with Crippen LogP contribution in [0.15, 0.2) is 111 Å². The smallest absolute Gasteiger partial charge is 0.142 e. The molecular formula is C33H21ClN8. The normalized spacial score (nSPS) is 12.8. The van der Waals surface area contributed by atoms with Gasteiger partial charge in [-0.3, -0.25) is 0 Å². The Kier molecular flexibility index (Phi) is 4.85. The van der Waals surface area contributed by atoms with Crippen molar-refractivity contribution in [2.75, 3.05) is 0 Å². The van der Waals surface area contributed by atoms with Gasteiger partial charge >= 0.3 is 0 Å². The summed E-state index contributed by atoms with van der Waals surface area (Å²) in [6.45, 7) is 0. The first-order chi connectivity index (χ1) is 20.7. The third-order valence-corrected chi connectivity index (χ3v) is 8.23. The second-order valence-electron chi connectivity index (χ2n) is 10.3. The van der Waals surface area contributed by atoms with Gasteiger partial charge in [-0.1, -0.05) is 91.0 Å². The number of H-pyrrole nitrogens is 4. The van der Waals surface area contributed by atoms with Gasteiger partial charge in [0.15, 0.2) is 0 Å². The van der Waals surface area contributed by atoms with Gasteiger partial charge < -0.3 is 19.9 Å². The molecule has 0 aliphatic carbocycles. The van der Waals surface area contributed by atoms with E-state index in [4.69, 9.17) is 31.6 Å². The van der Waals surface area contributed by atoms with E-state index in [1.807, 2.05) is 54.6 Å². The number of halogens is 1. The summed E-state index contributed by atoms with van der Waals surface area (Å²) in [6, 6.07) is 30.5. The Labute approximate surface area is 241 Å². The Balaban J connectivity index is 1.51. The maximum atomic E-state index is 6.44. The molecule has 4 aromatic heterocycles. The molecule has 200 valence electrons. The van der Waals surface area contributed by atoms with E-state index in [-0.39, 0.29) is 0 Å². The minimum absolute atomic E-state index is 0.347. The van der Waals surface area contributed by atoms with Crippen LogP contribution in [0.5, 0.6) is 0 Å². The van der Waals surface area contributed by atoms with Crippen molar-refractivity contribution in [1.82, 2.24) is 19.9 Å². The van der Waals surface area contributed by atoms with E-state index in [2.05, 4.69) is 56.3 Å². The van der Waals surface area contributed by atoms with Gasteiger partial charge in [-0.05, 0) is 5.56 Å². The van der Waals surface area contributed by atoms with E-state index >= 15 is 0 Å². The molecule has 9 rings (SSSR count). The Hall–Kier alpha value is -5.47. The number of aromatic amines is 4. The number of alkyl halides is 1. The Morgan fingerprint density at radius 1 is 0.405 bits per heavy atom. The molecule has 8 nitrogen and oxygen atoms in total. The summed E-state index contributed by atoms with van der Waals surface area (Å²) < 4.78 is 0. The quantitative estimate of drug-likeness (QED) is 0.164. The lowest BCUT2D eigenvalue weighted by molar-refractivity contribution is 1.08. The number of benzene rings is 4. The summed E-state index contributed by atoms with van der Waals surface area (Å²) in [5.74, 6) is 3.15. The molecule has 8 bridgehead atoms. The summed E-state index contributed by atoms with van der Waals surface area (Å²) in [5, 5.41) is 7.70. The molecule has 0 radical (unpaired) electrons. The molecule has 0 fully saturated rings. The van der Waals surface area contributed by atoms with E-state index < -0.39 is 0 Å². The molecule has 1 aliphatic rings. The van der Waals surface area contributed by atoms with Crippen LogP contribution in [0.3, 0.4) is 0 Å². The number of nitrogens with one attached hydrogen (secondary N) is 4. The van der Waals surface area contributed by atoms with E-state index in [0.717, 1.165) is 54.5 Å². The molecule has 42 heavy (non-hydrogen) atoms. The summed E-state index contributed by atoms with van der Waals surface area (Å²) in [5.41, 5.74) is 3.80. The predicted octanol–water partition coefficient (Wildman–Crippen LogP) is 6.47. The maximum Gasteiger partial charge on any atom is 0.142 e. The molecule has 0 unspecified atom stereocenters. The van der Waals surface area contributed by atoms with Crippen molar-refractivity contribution < 1.29 is 0 Å². The second-order valence-corrected chi connectivity index (χ2v) is 10.6. The zero-order valence-electron chi connectivity index (χ0n) is 22.0. The molecule has 8 aromatic rings.